The van der Waals surface area contributed by atoms with E-state index in [1.165, 1.54) is 6.20 Å². The van der Waals surface area contributed by atoms with Gasteiger partial charge in [-0.2, -0.15) is 0 Å². The summed E-state index contributed by atoms with van der Waals surface area (Å²) in [6.07, 6.45) is 4.00. The normalized spacial score (nSPS) is 20.3. The van der Waals surface area contributed by atoms with Crippen LogP contribution in [0.15, 0.2) is 54.9 Å². The monoisotopic (exact) mass is 563 g/mol. The van der Waals surface area contributed by atoms with Crippen molar-refractivity contribution in [3.05, 3.63) is 65.4 Å². The Morgan fingerprint density at radius 3 is 2.33 bits per heavy atom. The van der Waals surface area contributed by atoms with Gasteiger partial charge >= 0.3 is 0 Å². The number of hydrogen-bond acceptors (Lipinski definition) is 9. The molecule has 3 fully saturated rings. The highest BCUT2D eigenvalue weighted by atomic mass is 35.5. The summed E-state index contributed by atoms with van der Waals surface area (Å²) in [6.45, 7) is 7.92. The Hall–Kier alpha value is -3.60. The van der Waals surface area contributed by atoms with Crippen LogP contribution in [0.5, 0.6) is 11.5 Å². The van der Waals surface area contributed by atoms with Gasteiger partial charge in [-0.15, -0.1) is 0 Å². The number of ether oxygens (including phenoxy) is 1. The fraction of sp³-hybridized carbons (Fsp3) is 0.414. The lowest BCUT2D eigenvalue weighted by Gasteiger charge is -2.37. The van der Waals surface area contributed by atoms with E-state index in [-0.39, 0.29) is 17.7 Å². The number of rotatable bonds is 7. The molecule has 0 spiro atoms. The highest BCUT2D eigenvalue weighted by molar-refractivity contribution is 6.31. The first-order valence-electron chi connectivity index (χ1n) is 13.8. The van der Waals surface area contributed by atoms with Crippen LogP contribution in [0.25, 0.3) is 0 Å². The highest BCUT2D eigenvalue weighted by Crippen LogP contribution is 2.30. The number of nitrogens with one attached hydrogen (secondary N) is 1. The second kappa shape index (κ2) is 11.9. The predicted molar refractivity (Wildman–Crippen MR) is 156 cm³/mol. The Morgan fingerprint density at radius 2 is 1.62 bits per heavy atom. The summed E-state index contributed by atoms with van der Waals surface area (Å²) < 4.78 is 6.02. The van der Waals surface area contributed by atoms with Crippen LogP contribution in [-0.4, -0.2) is 90.8 Å². The highest BCUT2D eigenvalue weighted by Gasteiger charge is 2.38. The van der Waals surface area contributed by atoms with Gasteiger partial charge in [-0.3, -0.25) is 9.69 Å². The second-order valence-corrected chi connectivity index (χ2v) is 10.8. The fourth-order valence-electron chi connectivity index (χ4n) is 5.63. The molecule has 210 valence electrons. The number of halogens is 1. The molecular formula is C29H34ClN7O3. The van der Waals surface area contributed by atoms with Crippen molar-refractivity contribution >= 4 is 34.8 Å². The van der Waals surface area contributed by atoms with Gasteiger partial charge in [0, 0.05) is 75.2 Å². The number of anilines is 3. The molecule has 5 heterocycles. The molecule has 2 aromatic heterocycles. The maximum Gasteiger partial charge on any atom is 0.244 e. The smallest absolute Gasteiger partial charge is 0.244 e. The molecule has 0 saturated carbocycles. The minimum Gasteiger partial charge on any atom is -0.506 e. The maximum absolute atomic E-state index is 13.5. The molecule has 3 aromatic rings. The average Bonchev–Trinajstić information content (AvgIpc) is 3.39. The molecule has 0 bridgehead atoms. The molecule has 10 nitrogen and oxygen atoms in total. The largest absolute Gasteiger partial charge is 0.506 e. The first-order valence-corrected chi connectivity index (χ1v) is 14.2. The van der Waals surface area contributed by atoms with Crippen LogP contribution < -0.4 is 24.8 Å². The lowest BCUT2D eigenvalue weighted by Crippen LogP contribution is -2.52. The van der Waals surface area contributed by atoms with Gasteiger partial charge in [-0.25, -0.2) is 9.97 Å². The molecule has 3 aliphatic rings. The van der Waals surface area contributed by atoms with Crippen LogP contribution in [0.3, 0.4) is 0 Å². The van der Waals surface area contributed by atoms with Crippen LogP contribution in [0.2, 0.25) is 5.02 Å². The second-order valence-electron chi connectivity index (χ2n) is 10.3. The summed E-state index contributed by atoms with van der Waals surface area (Å²) in [5.74, 6) is 2.76. The Labute approximate surface area is 239 Å². The van der Waals surface area contributed by atoms with E-state index in [4.69, 9.17) is 16.3 Å². The van der Waals surface area contributed by atoms with Gasteiger partial charge in [0.15, 0.2) is 0 Å². The van der Waals surface area contributed by atoms with E-state index in [2.05, 4.69) is 30.0 Å². The zero-order valence-electron chi connectivity index (χ0n) is 22.4. The van der Waals surface area contributed by atoms with Crippen LogP contribution in [0, 0.1) is 0 Å². The summed E-state index contributed by atoms with van der Waals surface area (Å²) in [5.41, 5.74) is 1.67. The van der Waals surface area contributed by atoms with Crippen LogP contribution in [-0.2, 0) is 11.4 Å². The van der Waals surface area contributed by atoms with E-state index in [1.54, 1.807) is 12.3 Å². The zero-order valence-corrected chi connectivity index (χ0v) is 23.1. The van der Waals surface area contributed by atoms with Crippen molar-refractivity contribution in [1.82, 2.24) is 20.2 Å². The Bertz CT molecular complexity index is 1310. The number of aromatic hydroxyl groups is 1. The molecule has 40 heavy (non-hydrogen) atoms. The Morgan fingerprint density at radius 1 is 0.900 bits per heavy atom. The third-order valence-corrected chi connectivity index (χ3v) is 8.25. The van der Waals surface area contributed by atoms with Gasteiger partial charge < -0.3 is 29.9 Å². The number of nitrogens with zero attached hydrogens (tertiary/aromatic N) is 6. The Balaban J connectivity index is 1.05. The number of carbonyl (C=O) groups excluding carboxylic acids is 1. The van der Waals surface area contributed by atoms with Gasteiger partial charge in [0.05, 0.1) is 18.4 Å². The van der Waals surface area contributed by atoms with Crippen LogP contribution in [0.1, 0.15) is 12.0 Å². The molecule has 1 atom stereocenters. The van der Waals surface area contributed by atoms with Gasteiger partial charge in [0.2, 0.25) is 5.91 Å². The van der Waals surface area contributed by atoms with Crippen LogP contribution >= 0.6 is 11.6 Å². The average molecular weight is 564 g/mol. The third kappa shape index (κ3) is 5.79. The first-order chi connectivity index (χ1) is 19.5. The summed E-state index contributed by atoms with van der Waals surface area (Å²) in [6, 6.07) is 13.0. The van der Waals surface area contributed by atoms with E-state index in [1.807, 2.05) is 41.3 Å². The minimum absolute atomic E-state index is 0.123. The summed E-state index contributed by atoms with van der Waals surface area (Å²) in [4.78, 5) is 31.0. The Kier molecular flexibility index (Phi) is 7.90. The molecule has 1 unspecified atom stereocenters. The molecular weight excluding hydrogens is 530 g/mol. The van der Waals surface area contributed by atoms with Crippen LogP contribution in [0.4, 0.5) is 17.3 Å². The summed E-state index contributed by atoms with van der Waals surface area (Å²) in [5, 5.41) is 13.5. The van der Waals surface area contributed by atoms with Crippen molar-refractivity contribution in [2.75, 3.05) is 73.6 Å². The molecule has 6 rings (SSSR count). The number of aromatic nitrogens is 2. The van der Waals surface area contributed by atoms with Gasteiger partial charge in [0.1, 0.15) is 29.7 Å². The molecule has 11 heteroatoms. The predicted octanol–water partition coefficient (Wildman–Crippen LogP) is 2.75. The quantitative estimate of drug-likeness (QED) is 0.450. The van der Waals surface area contributed by atoms with E-state index in [9.17, 15) is 9.90 Å². The minimum atomic E-state index is -0.134. The van der Waals surface area contributed by atoms with E-state index >= 15 is 0 Å². The standard InChI is InChI=1S/C29H34ClN7O3/c30-25-4-1-22(17-21(25)20-40-24-3-6-28(33-19-24)35-11-8-31-9-12-35)37-10-7-26(29(37)39)34-13-15-36(16-14-34)27-5-2-23(38)18-32-27/h1-6,17-19,26,31,38H,7-16,20H2. The number of benzene rings is 1. The number of amides is 1. The van der Waals surface area contributed by atoms with Crippen molar-refractivity contribution < 1.29 is 14.6 Å². The first kappa shape index (κ1) is 26.6. The topological polar surface area (TPSA) is 97.3 Å². The molecule has 2 N–H and O–H groups in total. The lowest BCUT2D eigenvalue weighted by molar-refractivity contribution is -0.121. The van der Waals surface area contributed by atoms with E-state index in [0.717, 1.165) is 81.7 Å². The molecule has 3 aliphatic heterocycles. The SMILES string of the molecule is O=C1C(N2CCN(c3ccc(O)cn3)CC2)CCN1c1ccc(Cl)c(COc2ccc(N3CCNCC3)nc2)c1. The third-order valence-electron chi connectivity index (χ3n) is 7.89. The summed E-state index contributed by atoms with van der Waals surface area (Å²) >= 11 is 6.51. The fourth-order valence-corrected chi connectivity index (χ4v) is 5.80. The zero-order chi connectivity index (χ0) is 27.5. The van der Waals surface area contributed by atoms with Gasteiger partial charge in [0.25, 0.3) is 0 Å². The van der Waals surface area contributed by atoms with Crippen molar-refractivity contribution in [1.29, 1.82) is 0 Å². The van der Waals surface area contributed by atoms with Crippen molar-refractivity contribution in [3.8, 4) is 11.5 Å². The number of carbonyl (C=O) groups is 1. The molecule has 0 aliphatic carbocycles. The van der Waals surface area contributed by atoms with Crippen molar-refractivity contribution in [2.45, 2.75) is 19.1 Å². The van der Waals surface area contributed by atoms with E-state index < -0.39 is 0 Å². The maximum atomic E-state index is 13.5. The number of pyridine rings is 2. The molecule has 0 radical (unpaired) electrons. The molecule has 1 aromatic carbocycles. The lowest BCUT2D eigenvalue weighted by atomic mass is 10.1. The van der Waals surface area contributed by atoms with Gasteiger partial charge in [-0.1, -0.05) is 11.6 Å². The molecule has 1 amide bonds. The summed E-state index contributed by atoms with van der Waals surface area (Å²) in [7, 11) is 0. The van der Waals surface area contributed by atoms with E-state index in [0.29, 0.717) is 23.9 Å². The van der Waals surface area contributed by atoms with Gasteiger partial charge in [-0.05, 0) is 48.9 Å². The molecule has 3 saturated heterocycles. The number of hydrogen-bond donors (Lipinski definition) is 2. The van der Waals surface area contributed by atoms with Crippen molar-refractivity contribution in [3.63, 3.8) is 0 Å². The number of piperazine rings is 2. The van der Waals surface area contributed by atoms with Crippen molar-refractivity contribution in [2.24, 2.45) is 0 Å².